The molecule has 2 atom stereocenters. The largest absolute Gasteiger partial charge is 0.497 e. The second-order valence-electron chi connectivity index (χ2n) is 8.96. The van der Waals surface area contributed by atoms with E-state index in [0.29, 0.717) is 18.8 Å². The number of likely N-dealkylation sites (N-methyl/N-ethyl adjacent to an activating group) is 1. The minimum atomic E-state index is 0.214. The minimum absolute atomic E-state index is 0.214. The Morgan fingerprint density at radius 2 is 1.94 bits per heavy atom. The number of hydrogen-bond donors (Lipinski definition) is 1. The molecule has 1 N–H and O–H groups in total. The molecule has 0 aromatic heterocycles. The number of ether oxygens (including phenoxy) is 3. The van der Waals surface area contributed by atoms with Crippen molar-refractivity contribution in [2.75, 3.05) is 60.6 Å². The number of rotatable bonds is 9. The summed E-state index contributed by atoms with van der Waals surface area (Å²) in [6.45, 7) is 7.27. The fourth-order valence-corrected chi connectivity index (χ4v) is 4.41. The average Bonchev–Trinajstić information content (AvgIpc) is 2.83. The maximum atomic E-state index is 6.19. The van der Waals surface area contributed by atoms with Gasteiger partial charge in [0.1, 0.15) is 5.75 Å². The second-order valence-corrected chi connectivity index (χ2v) is 8.96. The lowest BCUT2D eigenvalue weighted by molar-refractivity contribution is -0.0721. The summed E-state index contributed by atoms with van der Waals surface area (Å²) in [5.74, 6) is 1.88. The van der Waals surface area contributed by atoms with Crippen LogP contribution in [-0.2, 0) is 9.47 Å². The van der Waals surface area contributed by atoms with Crippen LogP contribution in [0.1, 0.15) is 50.6 Å². The number of guanidine groups is 1. The minimum Gasteiger partial charge on any atom is -0.497 e. The highest BCUT2D eigenvalue weighted by molar-refractivity contribution is 5.80. The van der Waals surface area contributed by atoms with Crippen molar-refractivity contribution < 1.29 is 14.2 Å². The molecule has 1 aromatic carbocycles. The monoisotopic (exact) mass is 446 g/mol. The summed E-state index contributed by atoms with van der Waals surface area (Å²) in [7, 11) is 5.91. The number of piperidine rings is 1. The maximum Gasteiger partial charge on any atom is 0.193 e. The molecule has 0 bridgehead atoms. The first kappa shape index (κ1) is 24.8. The predicted octanol–water partition coefficient (Wildman–Crippen LogP) is 3.31. The molecule has 0 amide bonds. The highest BCUT2D eigenvalue weighted by atomic mass is 16.5. The Labute approximate surface area is 194 Å². The van der Waals surface area contributed by atoms with Crippen molar-refractivity contribution in [3.63, 3.8) is 0 Å². The standard InChI is InChI=1S/C25H42N4O3/c1-5-26-25(27-18-24(28(2)3)20-9-11-21(30-4)12-10-20)29-15-13-22(14-16-29)32-19-23-8-6-7-17-31-23/h9-12,22-24H,5-8,13-19H2,1-4H3,(H,26,27). The Hall–Kier alpha value is -1.83. The van der Waals surface area contributed by atoms with E-state index in [1.165, 1.54) is 18.4 Å². The van der Waals surface area contributed by atoms with E-state index in [9.17, 15) is 0 Å². The predicted molar refractivity (Wildman–Crippen MR) is 130 cm³/mol. The third-order valence-electron chi connectivity index (χ3n) is 6.41. The summed E-state index contributed by atoms with van der Waals surface area (Å²) in [6.07, 6.45) is 6.28. The Morgan fingerprint density at radius 1 is 1.19 bits per heavy atom. The van der Waals surface area contributed by atoms with Crippen LogP contribution in [0.5, 0.6) is 5.75 Å². The number of nitrogens with one attached hydrogen (secondary N) is 1. The Bertz CT molecular complexity index is 681. The fourth-order valence-electron chi connectivity index (χ4n) is 4.41. The number of benzene rings is 1. The first-order valence-corrected chi connectivity index (χ1v) is 12.2. The molecule has 2 unspecified atom stereocenters. The molecule has 7 nitrogen and oxygen atoms in total. The van der Waals surface area contributed by atoms with Crippen LogP contribution in [0.4, 0.5) is 0 Å². The van der Waals surface area contributed by atoms with Gasteiger partial charge in [-0.25, -0.2) is 0 Å². The fraction of sp³-hybridized carbons (Fsp3) is 0.720. The normalized spacial score (nSPS) is 21.6. The van der Waals surface area contributed by atoms with Crippen LogP contribution >= 0.6 is 0 Å². The third-order valence-corrected chi connectivity index (χ3v) is 6.41. The average molecular weight is 447 g/mol. The number of likely N-dealkylation sites (tertiary alicyclic amines) is 1. The van der Waals surface area contributed by atoms with Crippen molar-refractivity contribution >= 4 is 5.96 Å². The van der Waals surface area contributed by atoms with E-state index in [4.69, 9.17) is 19.2 Å². The van der Waals surface area contributed by atoms with E-state index in [1.807, 2.05) is 12.1 Å². The summed E-state index contributed by atoms with van der Waals surface area (Å²) in [4.78, 5) is 9.62. The van der Waals surface area contributed by atoms with Gasteiger partial charge in [-0.1, -0.05) is 12.1 Å². The molecule has 2 aliphatic rings. The molecule has 0 radical (unpaired) electrons. The summed E-state index contributed by atoms with van der Waals surface area (Å²) >= 11 is 0. The lowest BCUT2D eigenvalue weighted by Gasteiger charge is -2.35. The number of nitrogens with zero attached hydrogens (tertiary/aromatic N) is 3. The van der Waals surface area contributed by atoms with Gasteiger partial charge in [0.15, 0.2) is 5.96 Å². The lowest BCUT2D eigenvalue weighted by Crippen LogP contribution is -2.47. The van der Waals surface area contributed by atoms with Crippen LogP contribution in [-0.4, -0.2) is 88.6 Å². The van der Waals surface area contributed by atoms with Crippen molar-refractivity contribution in [1.29, 1.82) is 0 Å². The van der Waals surface area contributed by atoms with Gasteiger partial charge in [0.2, 0.25) is 0 Å². The molecule has 7 heteroatoms. The Balaban J connectivity index is 1.54. The van der Waals surface area contributed by atoms with Crippen LogP contribution in [0, 0.1) is 0 Å². The van der Waals surface area contributed by atoms with Gasteiger partial charge in [0.05, 0.1) is 38.5 Å². The molecule has 0 spiro atoms. The number of methoxy groups -OCH3 is 1. The summed E-state index contributed by atoms with van der Waals surface area (Å²) in [5.41, 5.74) is 1.24. The molecule has 1 aromatic rings. The van der Waals surface area contributed by atoms with Crippen molar-refractivity contribution in [3.8, 4) is 5.75 Å². The van der Waals surface area contributed by atoms with E-state index in [1.54, 1.807) is 7.11 Å². The number of aliphatic imine (C=N–C) groups is 1. The van der Waals surface area contributed by atoms with E-state index < -0.39 is 0 Å². The molecule has 180 valence electrons. The molecule has 2 aliphatic heterocycles. The molecule has 0 aliphatic carbocycles. The topological polar surface area (TPSA) is 58.6 Å². The molecule has 2 saturated heterocycles. The van der Waals surface area contributed by atoms with Crippen LogP contribution in [0.15, 0.2) is 29.3 Å². The molecule has 32 heavy (non-hydrogen) atoms. The zero-order chi connectivity index (χ0) is 22.8. The molecule has 2 heterocycles. The third kappa shape index (κ3) is 7.36. The summed E-state index contributed by atoms with van der Waals surface area (Å²) in [6, 6.07) is 8.51. The van der Waals surface area contributed by atoms with Crippen molar-refractivity contribution in [3.05, 3.63) is 29.8 Å². The number of hydrogen-bond acceptors (Lipinski definition) is 5. The van der Waals surface area contributed by atoms with E-state index in [0.717, 1.165) is 63.8 Å². The van der Waals surface area contributed by atoms with Crippen molar-refractivity contribution in [1.82, 2.24) is 15.1 Å². The highest BCUT2D eigenvalue weighted by Gasteiger charge is 2.24. The Morgan fingerprint density at radius 3 is 2.53 bits per heavy atom. The van der Waals surface area contributed by atoms with Crippen molar-refractivity contribution in [2.45, 2.75) is 57.3 Å². The van der Waals surface area contributed by atoms with Crippen LogP contribution in [0.2, 0.25) is 0 Å². The molecule has 0 saturated carbocycles. The summed E-state index contributed by atoms with van der Waals surface area (Å²) in [5, 5.41) is 3.49. The van der Waals surface area contributed by atoms with Crippen LogP contribution in [0.3, 0.4) is 0 Å². The Kier molecular flexibility index (Phi) is 10.1. The maximum absolute atomic E-state index is 6.19. The lowest BCUT2D eigenvalue weighted by atomic mass is 10.1. The van der Waals surface area contributed by atoms with Crippen molar-refractivity contribution in [2.24, 2.45) is 4.99 Å². The summed E-state index contributed by atoms with van der Waals surface area (Å²) < 4.78 is 17.3. The van der Waals surface area contributed by atoms with Gasteiger partial charge in [0, 0.05) is 26.2 Å². The smallest absolute Gasteiger partial charge is 0.193 e. The first-order chi connectivity index (χ1) is 15.6. The quantitative estimate of drug-likeness (QED) is 0.464. The SMILES string of the molecule is CCNC(=NCC(c1ccc(OC)cc1)N(C)C)N1CCC(OCC2CCCCO2)CC1. The van der Waals surface area contributed by atoms with Gasteiger partial charge >= 0.3 is 0 Å². The zero-order valence-electron chi connectivity index (χ0n) is 20.4. The van der Waals surface area contributed by atoms with E-state index in [-0.39, 0.29) is 6.04 Å². The zero-order valence-corrected chi connectivity index (χ0v) is 20.4. The molecular weight excluding hydrogens is 404 g/mol. The molecule has 3 rings (SSSR count). The van der Waals surface area contributed by atoms with E-state index >= 15 is 0 Å². The molecule has 2 fully saturated rings. The highest BCUT2D eigenvalue weighted by Crippen LogP contribution is 2.22. The van der Waals surface area contributed by atoms with Gasteiger partial charge in [0.25, 0.3) is 0 Å². The van der Waals surface area contributed by atoms with E-state index in [2.05, 4.69) is 48.3 Å². The van der Waals surface area contributed by atoms with Gasteiger partial charge in [-0.15, -0.1) is 0 Å². The van der Waals surface area contributed by atoms with Crippen LogP contribution in [0.25, 0.3) is 0 Å². The molecular formula is C25H42N4O3. The van der Waals surface area contributed by atoms with Gasteiger partial charge in [-0.05, 0) is 70.8 Å². The first-order valence-electron chi connectivity index (χ1n) is 12.2. The van der Waals surface area contributed by atoms with Gasteiger partial charge in [-0.2, -0.15) is 0 Å². The second kappa shape index (κ2) is 13.0. The van der Waals surface area contributed by atoms with Gasteiger partial charge in [-0.3, -0.25) is 4.99 Å². The van der Waals surface area contributed by atoms with Gasteiger partial charge < -0.3 is 29.3 Å². The van der Waals surface area contributed by atoms with Crippen LogP contribution < -0.4 is 10.1 Å².